The molecule has 0 aliphatic rings. The zero-order chi connectivity index (χ0) is 12.1. The Morgan fingerprint density at radius 3 is 2.53 bits per heavy atom. The van der Waals surface area contributed by atoms with Crippen LogP contribution >= 0.6 is 15.9 Å². The molecule has 3 nitrogen and oxygen atoms in total. The molecule has 0 spiro atoms. The van der Waals surface area contributed by atoms with Crippen LogP contribution in [0, 0.1) is 0 Å². The van der Waals surface area contributed by atoms with Gasteiger partial charge in [0.1, 0.15) is 0 Å². The van der Waals surface area contributed by atoms with E-state index in [2.05, 4.69) is 32.4 Å². The molecule has 4 heteroatoms. The molecular formula is C13H14BrN3. The van der Waals surface area contributed by atoms with Crippen molar-refractivity contribution in [2.24, 2.45) is 5.84 Å². The summed E-state index contributed by atoms with van der Waals surface area (Å²) < 4.78 is 1.11. The molecule has 2 rings (SSSR count). The third kappa shape index (κ3) is 3.12. The maximum atomic E-state index is 5.62. The molecule has 0 bridgehead atoms. The van der Waals surface area contributed by atoms with Crippen molar-refractivity contribution in [1.82, 2.24) is 10.4 Å². The van der Waals surface area contributed by atoms with E-state index in [1.807, 2.05) is 30.3 Å². The van der Waals surface area contributed by atoms with E-state index in [0.29, 0.717) is 0 Å². The molecule has 3 N–H and O–H groups in total. The number of hydrogen-bond donors (Lipinski definition) is 2. The molecule has 0 saturated carbocycles. The lowest BCUT2D eigenvalue weighted by Gasteiger charge is -2.16. The number of hydrogen-bond acceptors (Lipinski definition) is 3. The van der Waals surface area contributed by atoms with Crippen molar-refractivity contribution in [3.05, 3.63) is 64.4 Å². The van der Waals surface area contributed by atoms with Crippen LogP contribution in [0.5, 0.6) is 0 Å². The van der Waals surface area contributed by atoms with Gasteiger partial charge in [-0.3, -0.25) is 16.3 Å². The molecule has 88 valence electrons. The van der Waals surface area contributed by atoms with Gasteiger partial charge < -0.3 is 0 Å². The Kier molecular flexibility index (Phi) is 4.25. The van der Waals surface area contributed by atoms with E-state index in [-0.39, 0.29) is 6.04 Å². The maximum absolute atomic E-state index is 5.62. The highest BCUT2D eigenvalue weighted by Gasteiger charge is 2.11. The average Bonchev–Trinajstić information content (AvgIpc) is 2.39. The van der Waals surface area contributed by atoms with Gasteiger partial charge in [0.05, 0.1) is 6.04 Å². The van der Waals surface area contributed by atoms with Gasteiger partial charge in [-0.05, 0) is 35.7 Å². The van der Waals surface area contributed by atoms with Gasteiger partial charge in [0.25, 0.3) is 0 Å². The van der Waals surface area contributed by atoms with Crippen LogP contribution in [-0.4, -0.2) is 4.98 Å². The van der Waals surface area contributed by atoms with E-state index >= 15 is 0 Å². The topological polar surface area (TPSA) is 50.9 Å². The highest BCUT2D eigenvalue weighted by atomic mass is 79.9. The molecule has 0 amide bonds. The van der Waals surface area contributed by atoms with Crippen LogP contribution in [0.1, 0.15) is 17.2 Å². The minimum atomic E-state index is 0.0942. The number of halogens is 1. The third-order valence-electron chi connectivity index (χ3n) is 2.69. The number of rotatable bonds is 4. The van der Waals surface area contributed by atoms with Gasteiger partial charge in [-0.15, -0.1) is 0 Å². The van der Waals surface area contributed by atoms with Gasteiger partial charge >= 0.3 is 0 Å². The molecule has 17 heavy (non-hydrogen) atoms. The predicted molar refractivity (Wildman–Crippen MR) is 72.1 cm³/mol. The Hall–Kier alpha value is -1.23. The average molecular weight is 292 g/mol. The van der Waals surface area contributed by atoms with Crippen molar-refractivity contribution in [2.45, 2.75) is 12.5 Å². The van der Waals surface area contributed by atoms with E-state index in [0.717, 1.165) is 16.5 Å². The van der Waals surface area contributed by atoms with Crippen molar-refractivity contribution >= 4 is 15.9 Å². The fourth-order valence-electron chi connectivity index (χ4n) is 1.75. The summed E-state index contributed by atoms with van der Waals surface area (Å²) in [5, 5.41) is 0. The molecule has 0 aliphatic carbocycles. The largest absolute Gasteiger partial charge is 0.271 e. The second kappa shape index (κ2) is 5.91. The first kappa shape index (κ1) is 12.2. The standard InChI is InChI=1S/C13H14BrN3/c14-12-4-2-1-3-11(12)9-13(17-15)10-5-7-16-8-6-10/h1-8,13,17H,9,15H2. The van der Waals surface area contributed by atoms with E-state index in [1.54, 1.807) is 12.4 Å². The Labute approximate surface area is 109 Å². The number of nitrogens with two attached hydrogens (primary N) is 1. The van der Waals surface area contributed by atoms with E-state index < -0.39 is 0 Å². The molecular weight excluding hydrogens is 278 g/mol. The fraction of sp³-hybridized carbons (Fsp3) is 0.154. The molecule has 1 heterocycles. The van der Waals surface area contributed by atoms with Gasteiger partial charge in [-0.2, -0.15) is 0 Å². The van der Waals surface area contributed by atoms with Crippen LogP contribution in [-0.2, 0) is 6.42 Å². The normalized spacial score (nSPS) is 12.4. The Balaban J connectivity index is 2.19. The number of nitrogens with zero attached hydrogens (tertiary/aromatic N) is 1. The third-order valence-corrected chi connectivity index (χ3v) is 3.47. The number of hydrazine groups is 1. The number of pyridine rings is 1. The Morgan fingerprint density at radius 2 is 1.88 bits per heavy atom. The van der Waals surface area contributed by atoms with Gasteiger partial charge in [-0.25, -0.2) is 0 Å². The quantitative estimate of drug-likeness (QED) is 0.672. The molecule has 1 atom stereocenters. The molecule has 2 aromatic rings. The summed E-state index contributed by atoms with van der Waals surface area (Å²) in [6.45, 7) is 0. The maximum Gasteiger partial charge on any atom is 0.0501 e. The first-order valence-electron chi connectivity index (χ1n) is 5.40. The highest BCUT2D eigenvalue weighted by molar-refractivity contribution is 9.10. The second-order valence-corrected chi connectivity index (χ2v) is 4.65. The SMILES string of the molecule is NNC(Cc1ccccc1Br)c1ccncc1. The fourth-order valence-corrected chi connectivity index (χ4v) is 2.20. The molecule has 1 aromatic heterocycles. The van der Waals surface area contributed by atoms with Crippen LogP contribution in [0.25, 0.3) is 0 Å². The summed E-state index contributed by atoms with van der Waals surface area (Å²) in [6.07, 6.45) is 4.39. The van der Waals surface area contributed by atoms with E-state index in [4.69, 9.17) is 5.84 Å². The lowest BCUT2D eigenvalue weighted by Crippen LogP contribution is -2.29. The second-order valence-electron chi connectivity index (χ2n) is 3.80. The number of nitrogens with one attached hydrogen (secondary N) is 1. The van der Waals surface area contributed by atoms with Crippen LogP contribution < -0.4 is 11.3 Å². The van der Waals surface area contributed by atoms with Gasteiger partial charge in [-0.1, -0.05) is 34.1 Å². The van der Waals surface area contributed by atoms with Crippen molar-refractivity contribution in [2.75, 3.05) is 0 Å². The van der Waals surface area contributed by atoms with Crippen molar-refractivity contribution in [3.63, 3.8) is 0 Å². The summed E-state index contributed by atoms with van der Waals surface area (Å²) in [7, 11) is 0. The summed E-state index contributed by atoms with van der Waals surface area (Å²) >= 11 is 3.55. The minimum Gasteiger partial charge on any atom is -0.271 e. The van der Waals surface area contributed by atoms with Gasteiger partial charge in [0.15, 0.2) is 0 Å². The Morgan fingerprint density at radius 1 is 1.18 bits per heavy atom. The molecule has 0 radical (unpaired) electrons. The highest BCUT2D eigenvalue weighted by Crippen LogP contribution is 2.22. The van der Waals surface area contributed by atoms with Crippen molar-refractivity contribution < 1.29 is 0 Å². The molecule has 0 aliphatic heterocycles. The molecule has 1 aromatic carbocycles. The summed E-state index contributed by atoms with van der Waals surface area (Å²) in [4.78, 5) is 4.01. The minimum absolute atomic E-state index is 0.0942. The number of aromatic nitrogens is 1. The zero-order valence-electron chi connectivity index (χ0n) is 9.31. The van der Waals surface area contributed by atoms with Gasteiger partial charge in [0, 0.05) is 16.9 Å². The summed E-state index contributed by atoms with van der Waals surface area (Å²) in [5.74, 6) is 5.62. The Bertz CT molecular complexity index is 473. The van der Waals surface area contributed by atoms with Crippen LogP contribution in [0.2, 0.25) is 0 Å². The monoisotopic (exact) mass is 291 g/mol. The molecule has 1 unspecified atom stereocenters. The summed E-state index contributed by atoms with van der Waals surface area (Å²) in [6, 6.07) is 12.2. The van der Waals surface area contributed by atoms with Gasteiger partial charge in [0.2, 0.25) is 0 Å². The molecule has 0 fully saturated rings. The molecule has 0 saturated heterocycles. The first-order valence-corrected chi connectivity index (χ1v) is 6.20. The van der Waals surface area contributed by atoms with Crippen LogP contribution in [0.15, 0.2) is 53.3 Å². The predicted octanol–water partition coefficient (Wildman–Crippen LogP) is 2.59. The van der Waals surface area contributed by atoms with E-state index in [9.17, 15) is 0 Å². The zero-order valence-corrected chi connectivity index (χ0v) is 10.9. The smallest absolute Gasteiger partial charge is 0.0501 e. The van der Waals surface area contributed by atoms with E-state index in [1.165, 1.54) is 5.56 Å². The lowest BCUT2D eigenvalue weighted by molar-refractivity contribution is 0.550. The van der Waals surface area contributed by atoms with Crippen LogP contribution in [0.3, 0.4) is 0 Å². The number of benzene rings is 1. The lowest BCUT2D eigenvalue weighted by atomic mass is 10.0. The first-order chi connectivity index (χ1) is 8.31. The van der Waals surface area contributed by atoms with Crippen LogP contribution in [0.4, 0.5) is 0 Å². The van der Waals surface area contributed by atoms with Crippen molar-refractivity contribution in [3.8, 4) is 0 Å². The van der Waals surface area contributed by atoms with Crippen molar-refractivity contribution in [1.29, 1.82) is 0 Å². The summed E-state index contributed by atoms with van der Waals surface area (Å²) in [5.41, 5.74) is 5.21.